The van der Waals surface area contributed by atoms with Crippen LogP contribution in [0.15, 0.2) is 0 Å². The van der Waals surface area contributed by atoms with Crippen LogP contribution in [-0.4, -0.2) is 16.5 Å². The van der Waals surface area contributed by atoms with Crippen molar-refractivity contribution in [2.45, 2.75) is 19.4 Å². The van der Waals surface area contributed by atoms with Crippen LogP contribution in [0.2, 0.25) is 0 Å². The maximum atomic E-state index is 12.1. The molecule has 2 N–H and O–H groups in total. The third kappa shape index (κ3) is 1.20. The van der Waals surface area contributed by atoms with E-state index in [-0.39, 0.29) is 5.82 Å². The number of halogens is 2. The molecule has 3 nitrogen and oxygen atoms in total. The van der Waals surface area contributed by atoms with Crippen molar-refractivity contribution in [3.05, 3.63) is 17.2 Å². The Kier molecular flexibility index (Phi) is 1.80. The number of aromatic amines is 1. The summed E-state index contributed by atoms with van der Waals surface area (Å²) in [5, 5.41) is 3.08. The number of nitrogens with zero attached hydrogens (tertiary/aromatic N) is 1. The van der Waals surface area contributed by atoms with Crippen molar-refractivity contribution in [1.29, 1.82) is 0 Å². The molecule has 0 bridgehead atoms. The highest BCUT2D eigenvalue weighted by Crippen LogP contribution is 2.18. The summed E-state index contributed by atoms with van der Waals surface area (Å²) in [6.07, 6.45) is -1.76. The van der Waals surface area contributed by atoms with Gasteiger partial charge in [-0.05, 0) is 0 Å². The van der Waals surface area contributed by atoms with Gasteiger partial charge in [-0.25, -0.2) is 13.8 Å². The summed E-state index contributed by atoms with van der Waals surface area (Å²) in [7, 11) is 0. The minimum Gasteiger partial charge on any atom is -0.340 e. The quantitative estimate of drug-likeness (QED) is 0.665. The third-order valence-corrected chi connectivity index (χ3v) is 1.93. The van der Waals surface area contributed by atoms with E-state index in [0.717, 1.165) is 24.4 Å². The highest BCUT2D eigenvalue weighted by Gasteiger charge is 2.18. The van der Waals surface area contributed by atoms with Crippen LogP contribution in [-0.2, 0) is 13.0 Å². The number of hydrogen-bond donors (Lipinski definition) is 2. The molecule has 1 aromatic rings. The first-order valence-electron chi connectivity index (χ1n) is 3.84. The number of fused-ring (bicyclic) bond motifs is 1. The van der Waals surface area contributed by atoms with Crippen molar-refractivity contribution in [1.82, 2.24) is 15.3 Å². The first-order valence-corrected chi connectivity index (χ1v) is 3.84. The first kappa shape index (κ1) is 7.67. The van der Waals surface area contributed by atoms with Crippen LogP contribution < -0.4 is 5.32 Å². The van der Waals surface area contributed by atoms with E-state index in [4.69, 9.17) is 0 Å². The molecule has 5 heteroatoms. The Morgan fingerprint density at radius 3 is 2.92 bits per heavy atom. The lowest BCUT2D eigenvalue weighted by molar-refractivity contribution is 0.141. The third-order valence-electron chi connectivity index (χ3n) is 1.93. The Hall–Kier alpha value is -0.970. The predicted molar refractivity (Wildman–Crippen MR) is 39.0 cm³/mol. The lowest BCUT2D eigenvalue weighted by Gasteiger charge is -2.09. The van der Waals surface area contributed by atoms with E-state index < -0.39 is 6.43 Å². The van der Waals surface area contributed by atoms with Crippen molar-refractivity contribution in [3.8, 4) is 0 Å². The molecule has 0 radical (unpaired) electrons. The van der Waals surface area contributed by atoms with Gasteiger partial charge in [-0.1, -0.05) is 0 Å². The molecular weight excluding hydrogens is 164 g/mol. The highest BCUT2D eigenvalue weighted by molar-refractivity contribution is 5.17. The standard InChI is InChI=1S/C7H9F2N3/c8-6(9)7-11-4-1-2-10-3-5(4)12-7/h6,10H,1-3H2,(H,11,12). The molecule has 1 aromatic heterocycles. The molecule has 0 atom stereocenters. The monoisotopic (exact) mass is 173 g/mol. The number of H-pyrrole nitrogens is 1. The van der Waals surface area contributed by atoms with Crippen LogP contribution >= 0.6 is 0 Å². The van der Waals surface area contributed by atoms with Gasteiger partial charge in [0.15, 0.2) is 5.82 Å². The molecule has 2 rings (SSSR count). The van der Waals surface area contributed by atoms with Crippen molar-refractivity contribution >= 4 is 0 Å². The normalized spacial score (nSPS) is 16.6. The van der Waals surface area contributed by atoms with Crippen LogP contribution in [0.5, 0.6) is 0 Å². The molecule has 66 valence electrons. The number of alkyl halides is 2. The lowest BCUT2D eigenvalue weighted by atomic mass is 10.2. The average Bonchev–Trinajstić information content (AvgIpc) is 2.46. The maximum absolute atomic E-state index is 12.1. The topological polar surface area (TPSA) is 40.7 Å². The molecule has 0 fully saturated rings. The van der Waals surface area contributed by atoms with Crippen LogP contribution in [0.1, 0.15) is 23.6 Å². The number of hydrogen-bond acceptors (Lipinski definition) is 2. The Morgan fingerprint density at radius 1 is 1.42 bits per heavy atom. The fourth-order valence-corrected chi connectivity index (χ4v) is 1.34. The van der Waals surface area contributed by atoms with Gasteiger partial charge in [-0.3, -0.25) is 0 Å². The van der Waals surface area contributed by atoms with Crippen molar-refractivity contribution in [3.63, 3.8) is 0 Å². The molecule has 1 aliphatic rings. The summed E-state index contributed by atoms with van der Waals surface area (Å²) >= 11 is 0. The number of aromatic nitrogens is 2. The van der Waals surface area contributed by atoms with Gasteiger partial charge in [-0.15, -0.1) is 0 Å². The Labute approximate surface area is 68.2 Å². The van der Waals surface area contributed by atoms with Crippen LogP contribution in [0.4, 0.5) is 8.78 Å². The highest BCUT2D eigenvalue weighted by atomic mass is 19.3. The molecule has 0 saturated carbocycles. The zero-order chi connectivity index (χ0) is 8.55. The lowest BCUT2D eigenvalue weighted by Crippen LogP contribution is -2.23. The molecule has 12 heavy (non-hydrogen) atoms. The molecule has 0 aromatic carbocycles. The Bertz CT molecular complexity index is 259. The van der Waals surface area contributed by atoms with Gasteiger partial charge >= 0.3 is 0 Å². The summed E-state index contributed by atoms with van der Waals surface area (Å²) in [6.45, 7) is 1.44. The molecule has 1 aliphatic heterocycles. The van der Waals surface area contributed by atoms with Crippen LogP contribution in [0.25, 0.3) is 0 Å². The van der Waals surface area contributed by atoms with Crippen molar-refractivity contribution in [2.75, 3.05) is 6.54 Å². The fourth-order valence-electron chi connectivity index (χ4n) is 1.34. The van der Waals surface area contributed by atoms with Gasteiger partial charge in [0, 0.05) is 19.5 Å². The second-order valence-electron chi connectivity index (χ2n) is 2.77. The molecule has 0 unspecified atom stereocenters. The van der Waals surface area contributed by atoms with Gasteiger partial charge < -0.3 is 10.3 Å². The van der Waals surface area contributed by atoms with Gasteiger partial charge in [0.2, 0.25) is 0 Å². The van der Waals surface area contributed by atoms with Gasteiger partial charge in [0.05, 0.1) is 11.4 Å². The summed E-state index contributed by atoms with van der Waals surface area (Å²) in [5.74, 6) is -0.205. The zero-order valence-electron chi connectivity index (χ0n) is 6.40. The fraction of sp³-hybridized carbons (Fsp3) is 0.571. The SMILES string of the molecule is FC(F)c1nc2c([nH]1)CNCC2. The Morgan fingerprint density at radius 2 is 2.25 bits per heavy atom. The summed E-state index contributed by atoms with van der Waals surface area (Å²) in [5.41, 5.74) is 1.58. The molecule has 0 spiro atoms. The number of nitrogens with one attached hydrogen (secondary N) is 2. The predicted octanol–water partition coefficient (Wildman–Crippen LogP) is 0.993. The summed E-state index contributed by atoms with van der Waals surface area (Å²) < 4.78 is 24.3. The average molecular weight is 173 g/mol. The van der Waals surface area contributed by atoms with E-state index in [1.165, 1.54) is 0 Å². The molecule has 0 amide bonds. The number of rotatable bonds is 1. The summed E-state index contributed by atoms with van der Waals surface area (Å²) in [4.78, 5) is 6.41. The van der Waals surface area contributed by atoms with E-state index in [9.17, 15) is 8.78 Å². The maximum Gasteiger partial charge on any atom is 0.295 e. The second-order valence-corrected chi connectivity index (χ2v) is 2.77. The van der Waals surface area contributed by atoms with Gasteiger partial charge in [0.25, 0.3) is 6.43 Å². The molecule has 0 aliphatic carbocycles. The van der Waals surface area contributed by atoms with Crippen LogP contribution in [0, 0.1) is 0 Å². The van der Waals surface area contributed by atoms with E-state index in [2.05, 4.69) is 15.3 Å². The minimum atomic E-state index is -2.49. The minimum absolute atomic E-state index is 0.205. The van der Waals surface area contributed by atoms with Gasteiger partial charge in [-0.2, -0.15) is 0 Å². The van der Waals surface area contributed by atoms with E-state index in [1.54, 1.807) is 0 Å². The van der Waals surface area contributed by atoms with E-state index in [0.29, 0.717) is 6.54 Å². The van der Waals surface area contributed by atoms with Crippen LogP contribution in [0.3, 0.4) is 0 Å². The summed E-state index contributed by atoms with van der Waals surface area (Å²) in [6, 6.07) is 0. The largest absolute Gasteiger partial charge is 0.340 e. The Balaban J connectivity index is 2.32. The van der Waals surface area contributed by atoms with Crippen molar-refractivity contribution in [2.24, 2.45) is 0 Å². The zero-order valence-corrected chi connectivity index (χ0v) is 6.40. The molecule has 0 saturated heterocycles. The van der Waals surface area contributed by atoms with E-state index >= 15 is 0 Å². The molecule has 2 heterocycles. The van der Waals surface area contributed by atoms with E-state index in [1.807, 2.05) is 0 Å². The first-order chi connectivity index (χ1) is 5.77. The van der Waals surface area contributed by atoms with Crippen molar-refractivity contribution < 1.29 is 8.78 Å². The second kappa shape index (κ2) is 2.82. The number of imidazole rings is 1. The van der Waals surface area contributed by atoms with Gasteiger partial charge in [0.1, 0.15) is 0 Å². The smallest absolute Gasteiger partial charge is 0.295 e. The molecular formula is C7H9F2N3.